The quantitative estimate of drug-likeness (QED) is 0.160. The molecule has 1 heterocycles. The maximum atomic E-state index is 6.25. The summed E-state index contributed by atoms with van der Waals surface area (Å²) in [6, 6.07) is 76.6. The predicted octanol–water partition coefficient (Wildman–Crippen LogP) is 15.5. The minimum atomic E-state index is 0.902. The van der Waals surface area contributed by atoms with E-state index in [0.29, 0.717) is 0 Å². The first kappa shape index (κ1) is 32.0. The van der Waals surface area contributed by atoms with Crippen molar-refractivity contribution in [1.82, 2.24) is 0 Å². The highest BCUT2D eigenvalue weighted by Crippen LogP contribution is 2.41. The molecule has 0 amide bonds. The number of furan rings is 1. The van der Waals surface area contributed by atoms with Crippen LogP contribution in [-0.2, 0) is 0 Å². The molecule has 0 N–H and O–H groups in total. The van der Waals surface area contributed by atoms with Gasteiger partial charge in [-0.2, -0.15) is 0 Å². The van der Waals surface area contributed by atoms with Gasteiger partial charge < -0.3 is 9.32 Å². The molecule has 11 aromatic rings. The number of anilines is 3. The molecule has 0 bridgehead atoms. The highest BCUT2D eigenvalue weighted by molar-refractivity contribution is 6.14. The van der Waals surface area contributed by atoms with Gasteiger partial charge in [-0.25, -0.2) is 0 Å². The summed E-state index contributed by atoms with van der Waals surface area (Å²) in [5, 5.41) is 9.81. The van der Waals surface area contributed by atoms with Gasteiger partial charge in [0.1, 0.15) is 11.2 Å². The molecule has 2 heteroatoms. The Hall–Kier alpha value is -7.42. The number of nitrogens with zero attached hydrogens (tertiary/aromatic N) is 1. The first-order valence-corrected chi connectivity index (χ1v) is 19.2. The highest BCUT2D eigenvalue weighted by Gasteiger charge is 2.17. The normalized spacial score (nSPS) is 11.6. The molecule has 10 aromatic carbocycles. The van der Waals surface area contributed by atoms with Crippen LogP contribution in [0.5, 0.6) is 0 Å². The third-order valence-electron chi connectivity index (χ3n) is 11.2. The van der Waals surface area contributed by atoms with E-state index in [1.54, 1.807) is 0 Å². The summed E-state index contributed by atoms with van der Waals surface area (Å²) in [5.74, 6) is 0. The summed E-state index contributed by atoms with van der Waals surface area (Å²) < 4.78 is 6.25. The molecule has 0 spiro atoms. The van der Waals surface area contributed by atoms with Gasteiger partial charge in [0.05, 0.1) is 0 Å². The van der Waals surface area contributed by atoms with Gasteiger partial charge in [0.25, 0.3) is 0 Å². The minimum Gasteiger partial charge on any atom is -0.456 e. The lowest BCUT2D eigenvalue weighted by Gasteiger charge is -2.26. The van der Waals surface area contributed by atoms with Crippen LogP contribution in [0, 0.1) is 0 Å². The maximum Gasteiger partial charge on any atom is 0.136 e. The molecule has 0 saturated carbocycles. The fourth-order valence-electron chi connectivity index (χ4n) is 8.53. The van der Waals surface area contributed by atoms with Crippen LogP contribution in [0.4, 0.5) is 17.1 Å². The van der Waals surface area contributed by atoms with Crippen LogP contribution in [0.25, 0.3) is 87.6 Å². The van der Waals surface area contributed by atoms with Gasteiger partial charge in [0.2, 0.25) is 0 Å². The molecule has 0 aliphatic heterocycles. The number of benzene rings is 10. The summed E-state index contributed by atoms with van der Waals surface area (Å²) in [4.78, 5) is 2.37. The van der Waals surface area contributed by atoms with Crippen molar-refractivity contribution in [3.05, 3.63) is 212 Å². The summed E-state index contributed by atoms with van der Waals surface area (Å²) >= 11 is 0. The molecule has 0 saturated heterocycles. The van der Waals surface area contributed by atoms with E-state index in [-0.39, 0.29) is 0 Å². The number of fused-ring (bicyclic) bond motifs is 7. The molecule has 56 heavy (non-hydrogen) atoms. The van der Waals surface area contributed by atoms with Crippen molar-refractivity contribution in [2.24, 2.45) is 0 Å². The van der Waals surface area contributed by atoms with E-state index in [1.165, 1.54) is 54.6 Å². The number of rotatable bonds is 6. The van der Waals surface area contributed by atoms with E-state index in [4.69, 9.17) is 4.42 Å². The second-order valence-electron chi connectivity index (χ2n) is 14.5. The Balaban J connectivity index is 1.03. The second kappa shape index (κ2) is 13.2. The number of hydrogen-bond donors (Lipinski definition) is 0. The Kier molecular flexibility index (Phi) is 7.53. The van der Waals surface area contributed by atoms with Crippen LogP contribution in [0.1, 0.15) is 0 Å². The zero-order valence-electron chi connectivity index (χ0n) is 30.6. The minimum absolute atomic E-state index is 0.902. The molecule has 11 rings (SSSR count). The highest BCUT2D eigenvalue weighted by atomic mass is 16.3. The van der Waals surface area contributed by atoms with Crippen molar-refractivity contribution in [2.75, 3.05) is 4.90 Å². The monoisotopic (exact) mass is 713 g/mol. The van der Waals surface area contributed by atoms with Crippen LogP contribution in [0.15, 0.2) is 217 Å². The Morgan fingerprint density at radius 1 is 0.268 bits per heavy atom. The zero-order valence-corrected chi connectivity index (χ0v) is 30.6. The van der Waals surface area contributed by atoms with Crippen molar-refractivity contribution in [1.29, 1.82) is 0 Å². The summed E-state index contributed by atoms with van der Waals surface area (Å²) in [6.45, 7) is 0. The molecule has 262 valence electrons. The molecule has 0 unspecified atom stereocenters. The third kappa shape index (κ3) is 5.42. The molecular formula is C54H35NO. The van der Waals surface area contributed by atoms with Crippen molar-refractivity contribution in [2.45, 2.75) is 0 Å². The Morgan fingerprint density at radius 2 is 0.857 bits per heavy atom. The Bertz CT molecular complexity index is 3240. The predicted molar refractivity (Wildman–Crippen MR) is 237 cm³/mol. The van der Waals surface area contributed by atoms with E-state index in [2.05, 4.69) is 205 Å². The third-order valence-corrected chi connectivity index (χ3v) is 11.2. The molecule has 1 aromatic heterocycles. The molecule has 0 aliphatic rings. The summed E-state index contributed by atoms with van der Waals surface area (Å²) in [6.07, 6.45) is 0. The fourth-order valence-corrected chi connectivity index (χ4v) is 8.53. The van der Waals surface area contributed by atoms with Crippen LogP contribution in [0.2, 0.25) is 0 Å². The van der Waals surface area contributed by atoms with Gasteiger partial charge in [-0.1, -0.05) is 152 Å². The van der Waals surface area contributed by atoms with Gasteiger partial charge >= 0.3 is 0 Å². The summed E-state index contributed by atoms with van der Waals surface area (Å²) in [5.41, 5.74) is 12.2. The fraction of sp³-hybridized carbons (Fsp3) is 0. The van der Waals surface area contributed by atoms with Crippen molar-refractivity contribution < 1.29 is 4.42 Å². The second-order valence-corrected chi connectivity index (χ2v) is 14.5. The van der Waals surface area contributed by atoms with Crippen molar-refractivity contribution >= 4 is 71.3 Å². The number of hydrogen-bond acceptors (Lipinski definition) is 2. The topological polar surface area (TPSA) is 16.4 Å². The first-order chi connectivity index (χ1) is 27.7. The Labute approximate surface area is 325 Å². The molecule has 0 aliphatic carbocycles. The van der Waals surface area contributed by atoms with Crippen LogP contribution >= 0.6 is 0 Å². The molecule has 0 fully saturated rings. The standard InChI is InChI=1S/C54H35NO/c1-3-16-45-37(11-1)13-10-21-46(45)38-25-30-43(31-26-38)55(42-28-23-36(24-29-42)39-27-32-51-50-20-7-8-22-53(50)56-54(51)35-39)44-15-9-14-40(33-44)52-34-41-12-2-4-17-47(41)48-18-5-6-19-49(48)52/h1-35H. The van der Waals surface area contributed by atoms with E-state index in [9.17, 15) is 0 Å². The molecule has 0 radical (unpaired) electrons. The van der Waals surface area contributed by atoms with Crippen LogP contribution < -0.4 is 4.90 Å². The maximum absolute atomic E-state index is 6.25. The summed E-state index contributed by atoms with van der Waals surface area (Å²) in [7, 11) is 0. The van der Waals surface area contributed by atoms with Gasteiger partial charge in [-0.15, -0.1) is 0 Å². The zero-order chi connectivity index (χ0) is 37.0. The average Bonchev–Trinajstić information content (AvgIpc) is 3.65. The van der Waals surface area contributed by atoms with E-state index >= 15 is 0 Å². The molecule has 2 nitrogen and oxygen atoms in total. The SMILES string of the molecule is c1cc(-c2cc3ccccc3c3ccccc23)cc(N(c2ccc(-c3ccc4c(c3)oc3ccccc34)cc2)c2ccc(-c3cccc4ccccc34)cc2)c1. The number of para-hydroxylation sites is 1. The lowest BCUT2D eigenvalue weighted by atomic mass is 9.93. The van der Waals surface area contributed by atoms with Crippen molar-refractivity contribution in [3.63, 3.8) is 0 Å². The Morgan fingerprint density at radius 3 is 1.66 bits per heavy atom. The largest absolute Gasteiger partial charge is 0.456 e. The first-order valence-electron chi connectivity index (χ1n) is 19.2. The van der Waals surface area contributed by atoms with Gasteiger partial charge in [0.15, 0.2) is 0 Å². The van der Waals surface area contributed by atoms with Gasteiger partial charge in [-0.05, 0) is 126 Å². The van der Waals surface area contributed by atoms with Gasteiger partial charge in [-0.3, -0.25) is 0 Å². The lowest BCUT2D eigenvalue weighted by Crippen LogP contribution is -2.10. The lowest BCUT2D eigenvalue weighted by molar-refractivity contribution is 0.669. The van der Waals surface area contributed by atoms with Crippen LogP contribution in [-0.4, -0.2) is 0 Å². The van der Waals surface area contributed by atoms with E-state index in [0.717, 1.165) is 50.1 Å². The van der Waals surface area contributed by atoms with Gasteiger partial charge in [0, 0.05) is 27.8 Å². The van der Waals surface area contributed by atoms with Crippen molar-refractivity contribution in [3.8, 4) is 33.4 Å². The van der Waals surface area contributed by atoms with E-state index in [1.807, 2.05) is 12.1 Å². The smallest absolute Gasteiger partial charge is 0.136 e. The van der Waals surface area contributed by atoms with Crippen LogP contribution in [0.3, 0.4) is 0 Å². The van der Waals surface area contributed by atoms with E-state index < -0.39 is 0 Å². The molecular weight excluding hydrogens is 679 g/mol. The average molecular weight is 714 g/mol. The molecule has 0 atom stereocenters.